The molecule has 20 heavy (non-hydrogen) atoms. The van der Waals surface area contributed by atoms with E-state index < -0.39 is 5.60 Å². The van der Waals surface area contributed by atoms with Gasteiger partial charge in [-0.1, -0.05) is 30.3 Å². The Morgan fingerprint density at radius 1 is 1.15 bits per heavy atom. The van der Waals surface area contributed by atoms with Crippen LogP contribution in [0.4, 0.5) is 0 Å². The monoisotopic (exact) mass is 289 g/mol. The molecule has 0 bridgehead atoms. The van der Waals surface area contributed by atoms with Gasteiger partial charge in [0.05, 0.1) is 6.61 Å². The largest absolute Gasteiger partial charge is 0.393 e. The molecular weight excluding hydrogens is 270 g/mol. The van der Waals surface area contributed by atoms with Crippen molar-refractivity contribution >= 4 is 11.3 Å². The smallest absolute Gasteiger partial charge is 0.102 e. The maximum Gasteiger partial charge on any atom is 0.102 e. The van der Waals surface area contributed by atoms with Gasteiger partial charge in [-0.2, -0.15) is 0 Å². The van der Waals surface area contributed by atoms with Crippen molar-refractivity contribution in [2.45, 2.75) is 18.6 Å². The third-order valence-corrected chi connectivity index (χ3v) is 4.92. The SMILES string of the molecule is OC[C@@]1(O)CCN(Cc2ccc(-c3ccccc3)s2)C1. The number of β-amino-alcohol motifs (C(OH)–C–C–N with tert-alkyl or cyclic N) is 1. The molecule has 0 radical (unpaired) electrons. The molecule has 0 aliphatic carbocycles. The van der Waals surface area contributed by atoms with E-state index in [-0.39, 0.29) is 6.61 Å². The van der Waals surface area contributed by atoms with E-state index in [1.807, 2.05) is 6.07 Å². The summed E-state index contributed by atoms with van der Waals surface area (Å²) in [5, 5.41) is 19.2. The van der Waals surface area contributed by atoms with E-state index in [0.717, 1.165) is 13.1 Å². The summed E-state index contributed by atoms with van der Waals surface area (Å²) in [5.41, 5.74) is 0.344. The maximum absolute atomic E-state index is 10.0. The van der Waals surface area contributed by atoms with E-state index in [2.05, 4.69) is 41.3 Å². The van der Waals surface area contributed by atoms with Crippen molar-refractivity contribution in [3.8, 4) is 10.4 Å². The lowest BCUT2D eigenvalue weighted by Gasteiger charge is -2.20. The van der Waals surface area contributed by atoms with Crippen molar-refractivity contribution in [2.24, 2.45) is 0 Å². The number of nitrogens with zero attached hydrogens (tertiary/aromatic N) is 1. The Kier molecular flexibility index (Phi) is 3.89. The van der Waals surface area contributed by atoms with Crippen molar-refractivity contribution in [3.63, 3.8) is 0 Å². The zero-order valence-electron chi connectivity index (χ0n) is 11.3. The van der Waals surface area contributed by atoms with Gasteiger partial charge in [0, 0.05) is 29.4 Å². The van der Waals surface area contributed by atoms with E-state index in [1.165, 1.54) is 15.3 Å². The Bertz CT molecular complexity index is 569. The third-order valence-electron chi connectivity index (χ3n) is 3.81. The minimum Gasteiger partial charge on any atom is -0.393 e. The average Bonchev–Trinajstić information content (AvgIpc) is 3.08. The van der Waals surface area contributed by atoms with Crippen LogP contribution in [-0.2, 0) is 6.54 Å². The fourth-order valence-electron chi connectivity index (χ4n) is 2.65. The summed E-state index contributed by atoms with van der Waals surface area (Å²) in [6, 6.07) is 14.7. The van der Waals surface area contributed by atoms with E-state index >= 15 is 0 Å². The maximum atomic E-state index is 10.0. The molecule has 1 saturated heterocycles. The Balaban J connectivity index is 1.67. The van der Waals surface area contributed by atoms with Crippen molar-refractivity contribution in [3.05, 3.63) is 47.3 Å². The molecule has 106 valence electrons. The fraction of sp³-hybridized carbons (Fsp3) is 0.375. The first-order chi connectivity index (χ1) is 9.68. The number of aliphatic hydroxyl groups excluding tert-OH is 1. The predicted octanol–water partition coefficient (Wildman–Crippen LogP) is 2.34. The number of thiophene rings is 1. The van der Waals surface area contributed by atoms with Gasteiger partial charge in [0.1, 0.15) is 5.60 Å². The molecular formula is C16H19NO2S. The van der Waals surface area contributed by atoms with Crippen LogP contribution in [0.1, 0.15) is 11.3 Å². The molecule has 0 unspecified atom stereocenters. The second kappa shape index (κ2) is 5.66. The van der Waals surface area contributed by atoms with Gasteiger partial charge in [-0.15, -0.1) is 11.3 Å². The molecule has 1 aliphatic heterocycles. The molecule has 1 aromatic heterocycles. The second-order valence-electron chi connectivity index (χ2n) is 5.48. The van der Waals surface area contributed by atoms with Crippen LogP contribution in [-0.4, -0.2) is 40.4 Å². The van der Waals surface area contributed by atoms with Crippen LogP contribution < -0.4 is 0 Å². The lowest BCUT2D eigenvalue weighted by atomic mass is 10.1. The van der Waals surface area contributed by atoms with E-state index in [0.29, 0.717) is 13.0 Å². The van der Waals surface area contributed by atoms with Crippen molar-refractivity contribution in [1.29, 1.82) is 0 Å². The first-order valence-electron chi connectivity index (χ1n) is 6.88. The number of hydrogen-bond donors (Lipinski definition) is 2. The normalized spacial score (nSPS) is 23.3. The molecule has 4 heteroatoms. The summed E-state index contributed by atoms with van der Waals surface area (Å²) >= 11 is 1.79. The summed E-state index contributed by atoms with van der Waals surface area (Å²) in [6.07, 6.45) is 0.653. The number of hydrogen-bond acceptors (Lipinski definition) is 4. The molecule has 1 aliphatic rings. The van der Waals surface area contributed by atoms with Gasteiger partial charge in [-0.25, -0.2) is 0 Å². The molecule has 0 amide bonds. The van der Waals surface area contributed by atoms with Crippen LogP contribution in [0.15, 0.2) is 42.5 Å². The highest BCUT2D eigenvalue weighted by Crippen LogP contribution is 2.30. The minimum atomic E-state index is -0.903. The standard InChI is InChI=1S/C16H19NO2S/c18-12-16(19)8-9-17(11-16)10-14-6-7-15(20-14)13-4-2-1-3-5-13/h1-7,18-19H,8-12H2/t16-/m1/s1. The van der Waals surface area contributed by atoms with Crippen molar-refractivity contribution < 1.29 is 10.2 Å². The van der Waals surface area contributed by atoms with E-state index in [9.17, 15) is 10.2 Å². The zero-order valence-corrected chi connectivity index (χ0v) is 12.1. The lowest BCUT2D eigenvalue weighted by molar-refractivity contribution is -0.00574. The molecule has 1 aromatic carbocycles. The topological polar surface area (TPSA) is 43.7 Å². The number of likely N-dealkylation sites (tertiary alicyclic amines) is 1. The Hall–Kier alpha value is -1.20. The van der Waals surface area contributed by atoms with Gasteiger partial charge < -0.3 is 10.2 Å². The van der Waals surface area contributed by atoms with E-state index in [4.69, 9.17) is 0 Å². The molecule has 1 fully saturated rings. The van der Waals surface area contributed by atoms with Gasteiger partial charge in [0.15, 0.2) is 0 Å². The fourth-order valence-corrected chi connectivity index (χ4v) is 3.70. The van der Waals surface area contributed by atoms with Crippen LogP contribution in [0.5, 0.6) is 0 Å². The average molecular weight is 289 g/mol. The quantitative estimate of drug-likeness (QED) is 0.908. The summed E-state index contributed by atoms with van der Waals surface area (Å²) in [4.78, 5) is 4.78. The molecule has 2 aromatic rings. The van der Waals surface area contributed by atoms with Gasteiger partial charge in [-0.05, 0) is 24.1 Å². The third kappa shape index (κ3) is 2.94. The summed E-state index contributed by atoms with van der Waals surface area (Å²) in [5.74, 6) is 0. The molecule has 2 heterocycles. The first kappa shape index (κ1) is 13.8. The molecule has 3 rings (SSSR count). The lowest BCUT2D eigenvalue weighted by Crippen LogP contribution is -2.36. The first-order valence-corrected chi connectivity index (χ1v) is 7.70. The van der Waals surface area contributed by atoms with Gasteiger partial charge in [0.2, 0.25) is 0 Å². The van der Waals surface area contributed by atoms with Crippen LogP contribution >= 0.6 is 11.3 Å². The van der Waals surface area contributed by atoms with Crippen molar-refractivity contribution in [2.75, 3.05) is 19.7 Å². The highest BCUT2D eigenvalue weighted by atomic mass is 32.1. The van der Waals surface area contributed by atoms with Crippen LogP contribution in [0.2, 0.25) is 0 Å². The van der Waals surface area contributed by atoms with Crippen LogP contribution in [0.3, 0.4) is 0 Å². The van der Waals surface area contributed by atoms with Crippen molar-refractivity contribution in [1.82, 2.24) is 4.90 Å². The molecule has 2 N–H and O–H groups in total. The molecule has 0 saturated carbocycles. The van der Waals surface area contributed by atoms with Crippen LogP contribution in [0.25, 0.3) is 10.4 Å². The summed E-state index contributed by atoms with van der Waals surface area (Å²) in [7, 11) is 0. The second-order valence-corrected chi connectivity index (χ2v) is 6.64. The van der Waals surface area contributed by atoms with Gasteiger partial charge >= 0.3 is 0 Å². The summed E-state index contributed by atoms with van der Waals surface area (Å²) < 4.78 is 0. The number of rotatable bonds is 4. The molecule has 3 nitrogen and oxygen atoms in total. The Labute approximate surface area is 123 Å². The molecule has 0 spiro atoms. The highest BCUT2D eigenvalue weighted by Gasteiger charge is 2.35. The van der Waals surface area contributed by atoms with Gasteiger partial charge in [-0.3, -0.25) is 4.90 Å². The number of aliphatic hydroxyl groups is 2. The number of benzene rings is 1. The Morgan fingerprint density at radius 3 is 2.65 bits per heavy atom. The molecule has 1 atom stereocenters. The summed E-state index contributed by atoms with van der Waals surface area (Å²) in [6.45, 7) is 2.10. The minimum absolute atomic E-state index is 0.150. The Morgan fingerprint density at radius 2 is 1.95 bits per heavy atom. The predicted molar refractivity (Wildman–Crippen MR) is 81.7 cm³/mol. The van der Waals surface area contributed by atoms with Crippen LogP contribution in [0, 0.1) is 0 Å². The highest BCUT2D eigenvalue weighted by molar-refractivity contribution is 7.15. The zero-order chi connectivity index (χ0) is 14.0. The van der Waals surface area contributed by atoms with Gasteiger partial charge in [0.25, 0.3) is 0 Å². The van der Waals surface area contributed by atoms with E-state index in [1.54, 1.807) is 11.3 Å².